The van der Waals surface area contributed by atoms with Crippen LogP contribution in [0, 0.1) is 11.6 Å². The number of halogens is 2. The molecule has 2 fully saturated rings. The lowest BCUT2D eigenvalue weighted by Crippen LogP contribution is -2.43. The number of hydrogen-bond donors (Lipinski definition) is 0. The van der Waals surface area contributed by atoms with Crippen LogP contribution in [0.5, 0.6) is 0 Å². The van der Waals surface area contributed by atoms with Crippen molar-refractivity contribution in [2.75, 3.05) is 7.05 Å². The number of hydrogen-bond acceptors (Lipinski definition) is 2. The van der Waals surface area contributed by atoms with Gasteiger partial charge in [-0.1, -0.05) is 36.4 Å². The Morgan fingerprint density at radius 2 is 1.60 bits per heavy atom. The van der Waals surface area contributed by atoms with Gasteiger partial charge in [-0.2, -0.15) is 0 Å². The van der Waals surface area contributed by atoms with E-state index in [4.69, 9.17) is 4.74 Å². The van der Waals surface area contributed by atoms with Gasteiger partial charge in [-0.15, -0.1) is 0 Å². The summed E-state index contributed by atoms with van der Waals surface area (Å²) >= 11 is 0. The first-order valence-electron chi connectivity index (χ1n) is 8.99. The molecule has 2 aromatic rings. The summed E-state index contributed by atoms with van der Waals surface area (Å²) in [4.78, 5) is 2.47. The lowest BCUT2D eigenvalue weighted by atomic mass is 9.97. The van der Waals surface area contributed by atoms with E-state index in [1.54, 1.807) is 6.07 Å². The van der Waals surface area contributed by atoms with Gasteiger partial charge in [0.15, 0.2) is 11.6 Å². The topological polar surface area (TPSA) is 12.5 Å². The lowest BCUT2D eigenvalue weighted by molar-refractivity contribution is -0.0427. The molecule has 2 aliphatic heterocycles. The monoisotopic (exact) mass is 343 g/mol. The first-order valence-corrected chi connectivity index (χ1v) is 8.99. The summed E-state index contributed by atoms with van der Waals surface area (Å²) in [6.07, 6.45) is 4.22. The molecule has 4 atom stereocenters. The van der Waals surface area contributed by atoms with Gasteiger partial charge in [0.05, 0.1) is 6.10 Å². The summed E-state index contributed by atoms with van der Waals surface area (Å²) in [5.74, 6) is -1.65. The Hall–Kier alpha value is -1.78. The normalized spacial score (nSPS) is 27.4. The largest absolute Gasteiger partial charge is 0.365 e. The molecule has 25 heavy (non-hydrogen) atoms. The van der Waals surface area contributed by atoms with Crippen molar-refractivity contribution in [2.45, 2.75) is 50.0 Å². The third-order valence-corrected chi connectivity index (χ3v) is 5.73. The molecule has 2 bridgehead atoms. The Labute approximate surface area is 147 Å². The Morgan fingerprint density at radius 3 is 2.24 bits per heavy atom. The molecule has 2 saturated heterocycles. The highest BCUT2D eigenvalue weighted by Crippen LogP contribution is 2.38. The van der Waals surface area contributed by atoms with E-state index < -0.39 is 11.6 Å². The van der Waals surface area contributed by atoms with E-state index in [0.29, 0.717) is 17.6 Å². The summed E-state index contributed by atoms with van der Waals surface area (Å²) in [5, 5.41) is 0. The fraction of sp³-hybridized carbons (Fsp3) is 0.429. The molecule has 4 heteroatoms. The maximum Gasteiger partial charge on any atom is 0.159 e. The van der Waals surface area contributed by atoms with Gasteiger partial charge in [-0.25, -0.2) is 8.78 Å². The van der Waals surface area contributed by atoms with E-state index in [2.05, 4.69) is 11.9 Å². The molecule has 0 aromatic heterocycles. The van der Waals surface area contributed by atoms with E-state index in [1.807, 2.05) is 30.3 Å². The summed E-state index contributed by atoms with van der Waals surface area (Å²) < 4.78 is 33.6. The van der Waals surface area contributed by atoms with Crippen LogP contribution in [-0.2, 0) is 4.74 Å². The van der Waals surface area contributed by atoms with Crippen molar-refractivity contribution >= 4 is 0 Å². The van der Waals surface area contributed by atoms with E-state index >= 15 is 0 Å². The second-order valence-corrected chi connectivity index (χ2v) is 7.24. The van der Waals surface area contributed by atoms with Crippen molar-refractivity contribution in [3.63, 3.8) is 0 Å². The van der Waals surface area contributed by atoms with Crippen molar-refractivity contribution in [1.82, 2.24) is 4.90 Å². The summed E-state index contributed by atoms with van der Waals surface area (Å²) in [6, 6.07) is 15.0. The predicted octanol–water partition coefficient (Wildman–Crippen LogP) is 4.70. The molecular weight excluding hydrogens is 320 g/mol. The SMILES string of the molecule is CN1[C@@H]2CC[C@H]1CC(OC(c1ccccc1)c1ccc(F)c(F)c1)C2. The average Bonchev–Trinajstić information content (AvgIpc) is 2.84. The van der Waals surface area contributed by atoms with Crippen LogP contribution in [0.15, 0.2) is 48.5 Å². The van der Waals surface area contributed by atoms with Crippen LogP contribution in [0.4, 0.5) is 8.78 Å². The molecule has 2 unspecified atom stereocenters. The zero-order valence-corrected chi connectivity index (χ0v) is 14.4. The van der Waals surface area contributed by atoms with Gasteiger partial charge in [0.25, 0.3) is 0 Å². The Morgan fingerprint density at radius 1 is 0.920 bits per heavy atom. The maximum absolute atomic E-state index is 13.8. The molecule has 132 valence electrons. The van der Waals surface area contributed by atoms with Gasteiger partial charge in [0, 0.05) is 12.1 Å². The molecular formula is C21H23F2NO. The van der Waals surface area contributed by atoms with Crippen LogP contribution in [0.1, 0.15) is 42.9 Å². The van der Waals surface area contributed by atoms with Gasteiger partial charge >= 0.3 is 0 Å². The molecule has 2 aliphatic rings. The molecule has 0 saturated carbocycles. The van der Waals surface area contributed by atoms with Crippen molar-refractivity contribution in [1.29, 1.82) is 0 Å². The first kappa shape index (κ1) is 16.7. The molecule has 0 aliphatic carbocycles. The molecule has 2 nitrogen and oxygen atoms in total. The van der Waals surface area contributed by atoms with Crippen LogP contribution in [0.2, 0.25) is 0 Å². The Bertz CT molecular complexity index is 722. The van der Waals surface area contributed by atoms with E-state index in [9.17, 15) is 8.78 Å². The lowest BCUT2D eigenvalue weighted by Gasteiger charge is -2.38. The number of rotatable bonds is 4. The van der Waals surface area contributed by atoms with Crippen LogP contribution >= 0.6 is 0 Å². The predicted molar refractivity (Wildman–Crippen MR) is 93.3 cm³/mol. The van der Waals surface area contributed by atoms with E-state index in [1.165, 1.54) is 25.0 Å². The Kier molecular flexibility index (Phi) is 4.57. The zero-order valence-electron chi connectivity index (χ0n) is 14.4. The van der Waals surface area contributed by atoms with Gasteiger partial charge in [-0.05, 0) is 56.0 Å². The molecule has 2 heterocycles. The first-order chi connectivity index (χ1) is 12.1. The standard InChI is InChI=1S/C21H23F2NO/c1-24-16-8-9-17(24)13-18(12-16)25-21(14-5-3-2-4-6-14)15-7-10-19(22)20(23)11-15/h2-7,10-11,16-18,21H,8-9,12-13H2,1H3/t16-,17+,18?,21?. The molecule has 0 amide bonds. The molecule has 0 radical (unpaired) electrons. The summed E-state index contributed by atoms with van der Waals surface area (Å²) in [5.41, 5.74) is 1.64. The minimum absolute atomic E-state index is 0.145. The van der Waals surface area contributed by atoms with Crippen LogP contribution in [0.25, 0.3) is 0 Å². The maximum atomic E-state index is 13.8. The summed E-state index contributed by atoms with van der Waals surface area (Å²) in [7, 11) is 2.20. The van der Waals surface area contributed by atoms with Crippen LogP contribution in [0.3, 0.4) is 0 Å². The number of piperidine rings is 1. The van der Waals surface area contributed by atoms with Crippen LogP contribution in [-0.4, -0.2) is 30.1 Å². The molecule has 4 rings (SSSR count). The third kappa shape index (κ3) is 3.33. The smallest absolute Gasteiger partial charge is 0.159 e. The van der Waals surface area contributed by atoms with Crippen molar-refractivity contribution in [3.05, 3.63) is 71.3 Å². The summed E-state index contributed by atoms with van der Waals surface area (Å²) in [6.45, 7) is 0. The van der Waals surface area contributed by atoms with Crippen molar-refractivity contribution < 1.29 is 13.5 Å². The van der Waals surface area contributed by atoms with Gasteiger partial charge < -0.3 is 9.64 Å². The van der Waals surface area contributed by atoms with E-state index in [0.717, 1.165) is 18.4 Å². The number of fused-ring (bicyclic) bond motifs is 2. The average molecular weight is 343 g/mol. The minimum Gasteiger partial charge on any atom is -0.365 e. The van der Waals surface area contributed by atoms with Gasteiger partial charge in [0.1, 0.15) is 6.10 Å². The second kappa shape index (κ2) is 6.85. The number of benzene rings is 2. The third-order valence-electron chi connectivity index (χ3n) is 5.73. The van der Waals surface area contributed by atoms with E-state index in [-0.39, 0.29) is 12.2 Å². The fourth-order valence-electron chi connectivity index (χ4n) is 4.32. The molecule has 0 N–H and O–H groups in total. The quantitative estimate of drug-likeness (QED) is 0.798. The number of ether oxygens (including phenoxy) is 1. The van der Waals surface area contributed by atoms with Crippen molar-refractivity contribution in [2.24, 2.45) is 0 Å². The van der Waals surface area contributed by atoms with Crippen molar-refractivity contribution in [3.8, 4) is 0 Å². The number of nitrogens with zero attached hydrogens (tertiary/aromatic N) is 1. The van der Waals surface area contributed by atoms with Crippen LogP contribution < -0.4 is 0 Å². The highest BCUT2D eigenvalue weighted by atomic mass is 19.2. The Balaban J connectivity index is 1.61. The molecule has 0 spiro atoms. The molecule has 2 aromatic carbocycles. The minimum atomic E-state index is -0.828. The highest BCUT2D eigenvalue weighted by molar-refractivity contribution is 5.31. The fourth-order valence-corrected chi connectivity index (χ4v) is 4.32. The van der Waals surface area contributed by atoms with Gasteiger partial charge in [-0.3, -0.25) is 0 Å². The van der Waals surface area contributed by atoms with Gasteiger partial charge in [0.2, 0.25) is 0 Å². The highest BCUT2D eigenvalue weighted by Gasteiger charge is 2.39. The zero-order chi connectivity index (χ0) is 17.4. The second-order valence-electron chi connectivity index (χ2n) is 7.24.